The number of hydrogen-bond acceptors (Lipinski definition) is 6. The van der Waals surface area contributed by atoms with E-state index >= 15 is 0 Å². The van der Waals surface area contributed by atoms with Crippen LogP contribution in [0.1, 0.15) is 27.4 Å². The van der Waals surface area contributed by atoms with E-state index in [4.69, 9.17) is 9.26 Å². The van der Waals surface area contributed by atoms with Gasteiger partial charge in [0.1, 0.15) is 5.75 Å². The topological polar surface area (TPSA) is 89.3 Å². The minimum Gasteiger partial charge on any atom is -0.496 e. The van der Waals surface area contributed by atoms with Crippen molar-refractivity contribution in [2.24, 2.45) is 0 Å². The molecule has 0 aliphatic heterocycles. The molecule has 0 atom stereocenters. The first-order valence-corrected chi connectivity index (χ1v) is 10.3. The number of anilines is 1. The second kappa shape index (κ2) is 9.78. The van der Waals surface area contributed by atoms with Gasteiger partial charge in [-0.25, -0.2) is 0 Å². The Morgan fingerprint density at radius 2 is 1.72 bits per heavy atom. The summed E-state index contributed by atoms with van der Waals surface area (Å²) in [7, 11) is 1.60. The molecule has 0 saturated carbocycles. The van der Waals surface area contributed by atoms with Crippen molar-refractivity contribution in [2.75, 3.05) is 12.4 Å². The molecule has 0 aliphatic rings. The maximum atomic E-state index is 12.8. The van der Waals surface area contributed by atoms with Crippen molar-refractivity contribution in [3.63, 3.8) is 0 Å². The molecule has 1 amide bonds. The Morgan fingerprint density at radius 3 is 2.53 bits per heavy atom. The van der Waals surface area contributed by atoms with E-state index in [-0.39, 0.29) is 12.5 Å². The Morgan fingerprint density at radius 1 is 0.969 bits per heavy atom. The highest BCUT2D eigenvalue weighted by Gasteiger charge is 2.14. The number of amides is 1. The van der Waals surface area contributed by atoms with E-state index in [9.17, 15) is 4.79 Å². The van der Waals surface area contributed by atoms with E-state index in [0.29, 0.717) is 35.3 Å². The number of rotatable bonds is 8. The van der Waals surface area contributed by atoms with E-state index in [0.717, 1.165) is 11.1 Å². The minimum atomic E-state index is -0.158. The number of hydrogen-bond donors (Lipinski definition) is 2. The fraction of sp³-hybridized carbons (Fsp3) is 0.160. The molecular formula is C25H24N4O3. The highest BCUT2D eigenvalue weighted by molar-refractivity contribution is 5.99. The van der Waals surface area contributed by atoms with Gasteiger partial charge in [-0.1, -0.05) is 59.3 Å². The molecule has 0 spiro atoms. The summed E-state index contributed by atoms with van der Waals surface area (Å²) < 4.78 is 10.7. The summed E-state index contributed by atoms with van der Waals surface area (Å²) in [5.41, 5.74) is 4.21. The van der Waals surface area contributed by atoms with Gasteiger partial charge in [-0.2, -0.15) is 4.98 Å². The average molecular weight is 428 g/mol. The lowest BCUT2D eigenvalue weighted by atomic mass is 10.1. The van der Waals surface area contributed by atoms with Gasteiger partial charge in [-0.15, -0.1) is 0 Å². The first-order chi connectivity index (χ1) is 15.6. The third kappa shape index (κ3) is 4.95. The SMILES string of the molecule is COc1ccccc1-c1noc(CNc2ccccc2C(=O)NCc2ccc(C)cc2)n1. The van der Waals surface area contributed by atoms with Crippen LogP contribution in [0, 0.1) is 6.92 Å². The molecule has 0 aliphatic carbocycles. The molecule has 7 heteroatoms. The van der Waals surface area contributed by atoms with Crippen LogP contribution < -0.4 is 15.4 Å². The number of ether oxygens (including phenoxy) is 1. The number of nitrogens with zero attached hydrogens (tertiary/aromatic N) is 2. The van der Waals surface area contributed by atoms with Crippen molar-refractivity contribution in [1.82, 2.24) is 15.5 Å². The van der Waals surface area contributed by atoms with Crippen LogP contribution in [0.15, 0.2) is 77.3 Å². The largest absolute Gasteiger partial charge is 0.496 e. The maximum absolute atomic E-state index is 12.8. The smallest absolute Gasteiger partial charge is 0.253 e. The van der Waals surface area contributed by atoms with E-state index < -0.39 is 0 Å². The van der Waals surface area contributed by atoms with Crippen molar-refractivity contribution in [3.8, 4) is 17.1 Å². The molecule has 2 N–H and O–H groups in total. The number of carbonyl (C=O) groups is 1. The molecule has 1 aromatic heterocycles. The lowest BCUT2D eigenvalue weighted by Crippen LogP contribution is -2.24. The summed E-state index contributed by atoms with van der Waals surface area (Å²) >= 11 is 0. The van der Waals surface area contributed by atoms with Crippen molar-refractivity contribution in [3.05, 3.63) is 95.4 Å². The Hall–Kier alpha value is -4.13. The fourth-order valence-electron chi connectivity index (χ4n) is 3.26. The highest BCUT2D eigenvalue weighted by Crippen LogP contribution is 2.27. The molecule has 4 rings (SSSR count). The van der Waals surface area contributed by atoms with Gasteiger partial charge in [-0.3, -0.25) is 4.79 Å². The molecule has 0 radical (unpaired) electrons. The second-order valence-electron chi connectivity index (χ2n) is 7.28. The summed E-state index contributed by atoms with van der Waals surface area (Å²) in [5.74, 6) is 1.36. The number of nitrogens with one attached hydrogen (secondary N) is 2. The van der Waals surface area contributed by atoms with E-state index in [1.54, 1.807) is 13.2 Å². The van der Waals surface area contributed by atoms with Crippen molar-refractivity contribution in [1.29, 1.82) is 0 Å². The van der Waals surface area contributed by atoms with Gasteiger partial charge in [0.05, 0.1) is 24.8 Å². The van der Waals surface area contributed by atoms with Crippen molar-refractivity contribution < 1.29 is 14.1 Å². The third-order valence-electron chi connectivity index (χ3n) is 4.99. The fourth-order valence-corrected chi connectivity index (χ4v) is 3.26. The molecule has 0 unspecified atom stereocenters. The van der Waals surface area contributed by atoms with Crippen molar-refractivity contribution >= 4 is 11.6 Å². The highest BCUT2D eigenvalue weighted by atomic mass is 16.5. The van der Waals surface area contributed by atoms with Gasteiger partial charge in [-0.05, 0) is 36.8 Å². The van der Waals surface area contributed by atoms with E-state index in [1.807, 2.05) is 73.7 Å². The van der Waals surface area contributed by atoms with E-state index in [1.165, 1.54) is 5.56 Å². The van der Waals surface area contributed by atoms with Crippen LogP contribution in [-0.2, 0) is 13.1 Å². The third-order valence-corrected chi connectivity index (χ3v) is 4.99. The lowest BCUT2D eigenvalue weighted by Gasteiger charge is -2.11. The maximum Gasteiger partial charge on any atom is 0.253 e. The summed E-state index contributed by atoms with van der Waals surface area (Å²) in [6.07, 6.45) is 0. The zero-order chi connectivity index (χ0) is 22.3. The standard InChI is InChI=1S/C25H24N4O3/c1-17-11-13-18(14-12-17)15-27-25(30)19-7-3-5-9-21(19)26-16-23-28-24(29-32-23)20-8-4-6-10-22(20)31-2/h3-14,26H,15-16H2,1-2H3,(H,27,30). The number of aryl methyl sites for hydroxylation is 1. The van der Waals surface area contributed by atoms with Crippen LogP contribution in [0.25, 0.3) is 11.4 Å². The molecule has 0 bridgehead atoms. The summed E-state index contributed by atoms with van der Waals surface area (Å²) in [6, 6.07) is 22.9. The first-order valence-electron chi connectivity index (χ1n) is 10.3. The molecule has 162 valence electrons. The van der Waals surface area contributed by atoms with Gasteiger partial charge >= 0.3 is 0 Å². The minimum absolute atomic E-state index is 0.158. The molecule has 3 aromatic carbocycles. The molecule has 1 heterocycles. The molecule has 0 fully saturated rings. The van der Waals surface area contributed by atoms with Crippen LogP contribution in [0.3, 0.4) is 0 Å². The van der Waals surface area contributed by atoms with Crippen LogP contribution in [-0.4, -0.2) is 23.2 Å². The van der Waals surface area contributed by atoms with Gasteiger partial charge in [0.15, 0.2) is 0 Å². The summed E-state index contributed by atoms with van der Waals surface area (Å²) in [4.78, 5) is 17.2. The molecule has 7 nitrogen and oxygen atoms in total. The quantitative estimate of drug-likeness (QED) is 0.427. The monoisotopic (exact) mass is 428 g/mol. The summed E-state index contributed by atoms with van der Waals surface area (Å²) in [5, 5.41) is 10.2. The van der Waals surface area contributed by atoms with Crippen LogP contribution >= 0.6 is 0 Å². The Bertz CT molecular complexity index is 1200. The number of carbonyl (C=O) groups excluding carboxylic acids is 1. The van der Waals surface area contributed by atoms with Crippen molar-refractivity contribution in [2.45, 2.75) is 20.0 Å². The van der Waals surface area contributed by atoms with Crippen LogP contribution in [0.5, 0.6) is 5.75 Å². The Balaban J connectivity index is 1.42. The van der Waals surface area contributed by atoms with Gasteiger partial charge in [0.25, 0.3) is 5.91 Å². The number of methoxy groups -OCH3 is 1. The Kier molecular flexibility index (Phi) is 6.46. The molecule has 32 heavy (non-hydrogen) atoms. The lowest BCUT2D eigenvalue weighted by molar-refractivity contribution is 0.0951. The first kappa shape index (κ1) is 21.1. The van der Waals surface area contributed by atoms with Gasteiger partial charge in [0.2, 0.25) is 11.7 Å². The average Bonchev–Trinajstić information content (AvgIpc) is 3.31. The normalized spacial score (nSPS) is 10.6. The zero-order valence-corrected chi connectivity index (χ0v) is 18.0. The number of para-hydroxylation sites is 2. The van der Waals surface area contributed by atoms with Crippen LogP contribution in [0.2, 0.25) is 0 Å². The molecule has 4 aromatic rings. The molecular weight excluding hydrogens is 404 g/mol. The summed E-state index contributed by atoms with van der Waals surface area (Å²) in [6.45, 7) is 2.77. The predicted octanol–water partition coefficient (Wildman–Crippen LogP) is 4.60. The second-order valence-corrected chi connectivity index (χ2v) is 7.28. The number of benzene rings is 3. The van der Waals surface area contributed by atoms with E-state index in [2.05, 4.69) is 20.8 Å². The van der Waals surface area contributed by atoms with Gasteiger partial charge < -0.3 is 19.9 Å². The zero-order valence-electron chi connectivity index (χ0n) is 18.0. The predicted molar refractivity (Wildman–Crippen MR) is 122 cm³/mol. The number of aromatic nitrogens is 2. The van der Waals surface area contributed by atoms with Gasteiger partial charge in [0, 0.05) is 12.2 Å². The van der Waals surface area contributed by atoms with Crippen LogP contribution in [0.4, 0.5) is 5.69 Å². The molecule has 0 saturated heterocycles. The Labute approximate surface area is 186 Å².